The zero-order valence-corrected chi connectivity index (χ0v) is 17.1. The molecule has 1 aromatic carbocycles. The molecule has 0 unspecified atom stereocenters. The molecule has 0 radical (unpaired) electrons. The summed E-state index contributed by atoms with van der Waals surface area (Å²) in [5.74, 6) is 0.250. The zero-order chi connectivity index (χ0) is 20.2. The maximum absolute atomic E-state index is 12.7. The van der Waals surface area contributed by atoms with Gasteiger partial charge in [-0.2, -0.15) is 0 Å². The summed E-state index contributed by atoms with van der Waals surface area (Å²) in [5, 5.41) is 18.7. The molecule has 0 heterocycles. The minimum absolute atomic E-state index is 0.0573. The molecular formula is C21H33N3O3. The van der Waals surface area contributed by atoms with Crippen molar-refractivity contribution in [3.63, 3.8) is 0 Å². The summed E-state index contributed by atoms with van der Waals surface area (Å²) in [4.78, 5) is 24.7. The number of hydrogen-bond acceptors (Lipinski definition) is 3. The molecule has 2 rings (SSSR count). The summed E-state index contributed by atoms with van der Waals surface area (Å²) in [6.07, 6.45) is 2.55. The Morgan fingerprint density at radius 3 is 2.56 bits per heavy atom. The number of hydrogen-bond donors (Lipinski definition) is 4. The summed E-state index contributed by atoms with van der Waals surface area (Å²) in [7, 11) is 0. The predicted octanol–water partition coefficient (Wildman–Crippen LogP) is 3.44. The monoisotopic (exact) mass is 375 g/mol. The van der Waals surface area contributed by atoms with Crippen LogP contribution < -0.4 is 16.0 Å². The highest BCUT2D eigenvalue weighted by Gasteiger charge is 2.43. The van der Waals surface area contributed by atoms with Crippen LogP contribution in [0.5, 0.6) is 0 Å². The molecule has 1 aliphatic carbocycles. The second kappa shape index (κ2) is 8.30. The van der Waals surface area contributed by atoms with E-state index in [1.165, 1.54) is 0 Å². The van der Waals surface area contributed by atoms with Gasteiger partial charge in [0, 0.05) is 17.8 Å². The first-order chi connectivity index (χ1) is 12.6. The second-order valence-electron chi connectivity index (χ2n) is 8.76. The van der Waals surface area contributed by atoms with Crippen LogP contribution in [0, 0.1) is 18.3 Å². The molecule has 0 bridgehead atoms. The van der Waals surface area contributed by atoms with Crippen LogP contribution in [0.3, 0.4) is 0 Å². The van der Waals surface area contributed by atoms with E-state index in [0.29, 0.717) is 23.7 Å². The first kappa shape index (κ1) is 21.2. The number of anilines is 1. The van der Waals surface area contributed by atoms with Crippen molar-refractivity contribution < 1.29 is 14.7 Å². The number of amides is 3. The summed E-state index contributed by atoms with van der Waals surface area (Å²) < 4.78 is 0. The highest BCUT2D eigenvalue weighted by atomic mass is 16.3. The number of aliphatic hydroxyl groups excluding tert-OH is 1. The van der Waals surface area contributed by atoms with Gasteiger partial charge in [-0.3, -0.25) is 4.79 Å². The summed E-state index contributed by atoms with van der Waals surface area (Å²) in [5.41, 5.74) is 1.39. The van der Waals surface area contributed by atoms with Crippen LogP contribution in [0.1, 0.15) is 62.9 Å². The molecule has 2 atom stereocenters. The van der Waals surface area contributed by atoms with Crippen LogP contribution in [0.25, 0.3) is 0 Å². The lowest BCUT2D eigenvalue weighted by Gasteiger charge is -2.47. The Hall–Kier alpha value is -2.08. The third kappa shape index (κ3) is 5.45. The number of rotatable bonds is 5. The molecule has 4 N–H and O–H groups in total. The van der Waals surface area contributed by atoms with Crippen LogP contribution in [-0.4, -0.2) is 35.7 Å². The average Bonchev–Trinajstić information content (AvgIpc) is 2.55. The number of benzene rings is 1. The van der Waals surface area contributed by atoms with Crippen molar-refractivity contribution in [3.8, 4) is 0 Å². The third-order valence-electron chi connectivity index (χ3n) is 5.22. The fourth-order valence-electron chi connectivity index (χ4n) is 4.55. The van der Waals surface area contributed by atoms with Crippen molar-refractivity contribution in [1.29, 1.82) is 0 Å². The van der Waals surface area contributed by atoms with Crippen molar-refractivity contribution in [2.24, 2.45) is 11.3 Å². The smallest absolute Gasteiger partial charge is 0.319 e. The average molecular weight is 376 g/mol. The van der Waals surface area contributed by atoms with Gasteiger partial charge in [-0.15, -0.1) is 0 Å². The number of nitrogens with one attached hydrogen (secondary N) is 3. The van der Waals surface area contributed by atoms with Gasteiger partial charge in [0.2, 0.25) is 0 Å². The maximum Gasteiger partial charge on any atom is 0.319 e. The largest absolute Gasteiger partial charge is 0.394 e. The van der Waals surface area contributed by atoms with Crippen molar-refractivity contribution in [1.82, 2.24) is 10.6 Å². The fourth-order valence-corrected chi connectivity index (χ4v) is 4.55. The standard InChI is InChI=1S/C21H33N3O3/c1-6-22-18(26)16-8-7-15(3)17(9-16)23-19(27)24-21(13-25)11-14(2)10-20(4,5)12-21/h7-9,14,25H,6,10-13H2,1-5H3,(H,22,26)(H2,23,24,27)/t14-,21+/m0/s1. The first-order valence-corrected chi connectivity index (χ1v) is 9.68. The van der Waals surface area contributed by atoms with Crippen molar-refractivity contribution >= 4 is 17.6 Å². The second-order valence-corrected chi connectivity index (χ2v) is 8.76. The van der Waals surface area contributed by atoms with Gasteiger partial charge in [0.15, 0.2) is 0 Å². The van der Waals surface area contributed by atoms with Gasteiger partial charge in [-0.1, -0.05) is 26.8 Å². The highest BCUT2D eigenvalue weighted by Crippen LogP contribution is 2.43. The van der Waals surface area contributed by atoms with E-state index in [-0.39, 0.29) is 24.0 Å². The Morgan fingerprint density at radius 1 is 1.26 bits per heavy atom. The molecule has 0 aromatic heterocycles. The van der Waals surface area contributed by atoms with Crippen molar-refractivity contribution in [2.45, 2.75) is 59.4 Å². The normalized spacial score (nSPS) is 24.1. The van der Waals surface area contributed by atoms with Gasteiger partial charge in [-0.25, -0.2) is 4.79 Å². The van der Waals surface area contributed by atoms with E-state index in [1.807, 2.05) is 19.9 Å². The summed E-state index contributed by atoms with van der Waals surface area (Å²) in [6, 6.07) is 4.88. The van der Waals surface area contributed by atoms with Crippen LogP contribution >= 0.6 is 0 Å². The number of carbonyl (C=O) groups is 2. The maximum atomic E-state index is 12.7. The quantitative estimate of drug-likeness (QED) is 0.635. The lowest BCUT2D eigenvalue weighted by Crippen LogP contribution is -2.58. The molecule has 1 aliphatic rings. The SMILES string of the molecule is CCNC(=O)c1ccc(C)c(NC(=O)N[C@]2(CO)C[C@@H](C)CC(C)(C)C2)c1. The van der Waals surface area contributed by atoms with Gasteiger partial charge in [0.05, 0.1) is 12.1 Å². The first-order valence-electron chi connectivity index (χ1n) is 9.68. The number of aryl methyl sites for hydroxylation is 1. The topological polar surface area (TPSA) is 90.5 Å². The Balaban J connectivity index is 2.14. The molecular weight excluding hydrogens is 342 g/mol. The zero-order valence-electron chi connectivity index (χ0n) is 17.1. The Morgan fingerprint density at radius 2 is 1.96 bits per heavy atom. The number of carbonyl (C=O) groups excluding carboxylic acids is 2. The van der Waals surface area contributed by atoms with Gasteiger partial charge in [0.25, 0.3) is 5.91 Å². The van der Waals surface area contributed by atoms with Crippen molar-refractivity contribution in [2.75, 3.05) is 18.5 Å². The van der Waals surface area contributed by atoms with Crippen LogP contribution in [0.2, 0.25) is 0 Å². The lowest BCUT2D eigenvalue weighted by molar-refractivity contribution is 0.0445. The lowest BCUT2D eigenvalue weighted by atomic mass is 9.64. The molecule has 27 heavy (non-hydrogen) atoms. The summed E-state index contributed by atoms with van der Waals surface area (Å²) in [6.45, 7) is 10.7. The fraction of sp³-hybridized carbons (Fsp3) is 0.619. The molecule has 0 saturated heterocycles. The van der Waals surface area contributed by atoms with Gasteiger partial charge >= 0.3 is 6.03 Å². The minimum atomic E-state index is -0.629. The van der Waals surface area contributed by atoms with Crippen LogP contribution in [0.4, 0.5) is 10.5 Å². The van der Waals surface area contributed by atoms with E-state index in [9.17, 15) is 14.7 Å². The third-order valence-corrected chi connectivity index (χ3v) is 5.22. The molecule has 0 aliphatic heterocycles. The molecule has 0 spiro atoms. The van der Waals surface area contributed by atoms with E-state index in [4.69, 9.17) is 0 Å². The predicted molar refractivity (Wildman–Crippen MR) is 108 cm³/mol. The Bertz CT molecular complexity index is 702. The highest BCUT2D eigenvalue weighted by molar-refractivity contribution is 5.97. The Labute approximate surface area is 162 Å². The van der Waals surface area contributed by atoms with Gasteiger partial charge in [-0.05, 0) is 62.1 Å². The molecule has 1 saturated carbocycles. The van der Waals surface area contributed by atoms with Gasteiger partial charge < -0.3 is 21.1 Å². The van der Waals surface area contributed by atoms with Crippen LogP contribution in [0.15, 0.2) is 18.2 Å². The van der Waals surface area contributed by atoms with E-state index >= 15 is 0 Å². The molecule has 6 nitrogen and oxygen atoms in total. The molecule has 1 fully saturated rings. The van der Waals surface area contributed by atoms with Crippen molar-refractivity contribution in [3.05, 3.63) is 29.3 Å². The van der Waals surface area contributed by atoms with E-state index in [0.717, 1.165) is 24.8 Å². The van der Waals surface area contributed by atoms with E-state index in [2.05, 4.69) is 36.7 Å². The minimum Gasteiger partial charge on any atom is -0.394 e. The Kier molecular flexibility index (Phi) is 6.52. The molecule has 6 heteroatoms. The van der Waals surface area contributed by atoms with Gasteiger partial charge in [0.1, 0.15) is 0 Å². The molecule has 3 amide bonds. The van der Waals surface area contributed by atoms with E-state index in [1.54, 1.807) is 12.1 Å². The number of aliphatic hydroxyl groups is 1. The molecule has 150 valence electrons. The van der Waals surface area contributed by atoms with Crippen LogP contribution in [-0.2, 0) is 0 Å². The number of urea groups is 1. The summed E-state index contributed by atoms with van der Waals surface area (Å²) >= 11 is 0. The molecule has 1 aromatic rings. The van der Waals surface area contributed by atoms with E-state index < -0.39 is 5.54 Å².